The molecule has 0 aromatic heterocycles. The minimum absolute atomic E-state index is 0.256. The third-order valence-electron chi connectivity index (χ3n) is 3.76. The molecule has 24 heavy (non-hydrogen) atoms. The van der Waals surface area contributed by atoms with Crippen molar-refractivity contribution < 1.29 is 8.42 Å². The molecule has 3 rings (SSSR count). The van der Waals surface area contributed by atoms with Crippen molar-refractivity contribution in [3.8, 4) is 0 Å². The van der Waals surface area contributed by atoms with Crippen LogP contribution in [-0.2, 0) is 16.6 Å². The lowest BCUT2D eigenvalue weighted by Gasteiger charge is -2.13. The highest BCUT2D eigenvalue weighted by Crippen LogP contribution is 2.25. The molecule has 0 saturated carbocycles. The molecule has 3 aromatic carbocycles. The maximum atomic E-state index is 12.4. The first-order valence-corrected chi connectivity index (χ1v) is 9.18. The largest absolute Gasteiger partial charge is 0.305 e. The zero-order valence-electron chi connectivity index (χ0n) is 13.7. The lowest BCUT2D eigenvalue weighted by atomic mass is 10.0. The summed E-state index contributed by atoms with van der Waals surface area (Å²) in [6, 6.07) is 20.1. The molecular formula is C19H20N2O2S. The van der Waals surface area contributed by atoms with E-state index in [1.165, 1.54) is 5.56 Å². The molecule has 0 aliphatic carbocycles. The Morgan fingerprint density at radius 3 is 2.38 bits per heavy atom. The fourth-order valence-electron chi connectivity index (χ4n) is 2.71. The van der Waals surface area contributed by atoms with E-state index >= 15 is 0 Å². The minimum atomic E-state index is -3.57. The Morgan fingerprint density at radius 2 is 1.67 bits per heavy atom. The lowest BCUT2D eigenvalue weighted by molar-refractivity contribution is 0.404. The van der Waals surface area contributed by atoms with Crippen LogP contribution in [0.15, 0.2) is 71.6 Å². The normalized spacial score (nSPS) is 11.8. The van der Waals surface area contributed by atoms with E-state index in [9.17, 15) is 8.42 Å². The molecule has 4 nitrogen and oxygen atoms in total. The zero-order valence-corrected chi connectivity index (χ0v) is 14.5. The van der Waals surface area contributed by atoms with Gasteiger partial charge < -0.3 is 4.90 Å². The lowest BCUT2D eigenvalue weighted by Crippen LogP contribution is -2.13. The molecule has 0 amide bonds. The molecule has 5 heteroatoms. The molecular weight excluding hydrogens is 320 g/mol. The molecule has 1 N–H and O–H groups in total. The molecule has 0 heterocycles. The highest BCUT2D eigenvalue weighted by Gasteiger charge is 2.13. The number of benzene rings is 3. The maximum absolute atomic E-state index is 12.4. The highest BCUT2D eigenvalue weighted by molar-refractivity contribution is 7.92. The molecule has 0 bridgehead atoms. The summed E-state index contributed by atoms with van der Waals surface area (Å²) in [6.45, 7) is 0.840. The SMILES string of the molecule is CN(C)Cc1cccc2cc(NS(=O)(=O)c3ccccc3)ccc12. The Labute approximate surface area is 142 Å². The van der Waals surface area contributed by atoms with Gasteiger partial charge in [0.2, 0.25) is 0 Å². The van der Waals surface area contributed by atoms with Crippen LogP contribution in [0.3, 0.4) is 0 Å². The van der Waals surface area contributed by atoms with Crippen LogP contribution in [0.5, 0.6) is 0 Å². The van der Waals surface area contributed by atoms with Gasteiger partial charge in [0.05, 0.1) is 4.90 Å². The first kappa shape index (κ1) is 16.5. The van der Waals surface area contributed by atoms with Gasteiger partial charge in [-0.15, -0.1) is 0 Å². The van der Waals surface area contributed by atoms with Crippen LogP contribution in [0.2, 0.25) is 0 Å². The van der Waals surface area contributed by atoms with E-state index in [2.05, 4.69) is 15.7 Å². The van der Waals surface area contributed by atoms with Gasteiger partial charge in [0.1, 0.15) is 0 Å². The Bertz CT molecular complexity index is 952. The van der Waals surface area contributed by atoms with Crippen LogP contribution in [0.1, 0.15) is 5.56 Å². The van der Waals surface area contributed by atoms with Crippen LogP contribution in [0.4, 0.5) is 5.69 Å². The summed E-state index contributed by atoms with van der Waals surface area (Å²) in [7, 11) is 0.489. The highest BCUT2D eigenvalue weighted by atomic mass is 32.2. The molecule has 0 unspecified atom stereocenters. The van der Waals surface area contributed by atoms with Crippen LogP contribution < -0.4 is 4.72 Å². The summed E-state index contributed by atoms with van der Waals surface area (Å²) in [5, 5.41) is 2.15. The molecule has 3 aromatic rings. The fourth-order valence-corrected chi connectivity index (χ4v) is 3.78. The van der Waals surface area contributed by atoms with E-state index in [4.69, 9.17) is 0 Å². The Hall–Kier alpha value is -2.37. The Morgan fingerprint density at radius 1 is 0.917 bits per heavy atom. The number of sulfonamides is 1. The molecule has 0 aliphatic rings. The van der Waals surface area contributed by atoms with Gasteiger partial charge in [0.25, 0.3) is 10.0 Å². The number of hydrogen-bond donors (Lipinski definition) is 1. The topological polar surface area (TPSA) is 49.4 Å². The second-order valence-electron chi connectivity index (χ2n) is 6.01. The fraction of sp³-hybridized carbons (Fsp3) is 0.158. The zero-order chi connectivity index (χ0) is 17.2. The number of nitrogens with one attached hydrogen (secondary N) is 1. The van der Waals surface area contributed by atoms with Crippen molar-refractivity contribution in [3.63, 3.8) is 0 Å². The standard InChI is InChI=1S/C19H20N2O2S/c1-21(2)14-16-8-6-7-15-13-17(11-12-19(15)16)20-24(22,23)18-9-4-3-5-10-18/h3-13,20H,14H2,1-2H3. The summed E-state index contributed by atoms with van der Waals surface area (Å²) < 4.78 is 27.5. The number of anilines is 1. The van der Waals surface area contributed by atoms with Gasteiger partial charge in [0.15, 0.2) is 0 Å². The third kappa shape index (κ3) is 3.58. The number of nitrogens with zero attached hydrogens (tertiary/aromatic N) is 1. The van der Waals surface area contributed by atoms with E-state index in [1.54, 1.807) is 30.3 Å². The van der Waals surface area contributed by atoms with Crippen molar-refractivity contribution in [2.24, 2.45) is 0 Å². The smallest absolute Gasteiger partial charge is 0.261 e. The van der Waals surface area contributed by atoms with Gasteiger partial charge in [0, 0.05) is 12.2 Å². The van der Waals surface area contributed by atoms with E-state index < -0.39 is 10.0 Å². The van der Waals surface area contributed by atoms with Crippen molar-refractivity contribution in [2.45, 2.75) is 11.4 Å². The van der Waals surface area contributed by atoms with Gasteiger partial charge in [-0.05, 0) is 54.7 Å². The quantitative estimate of drug-likeness (QED) is 0.770. The first-order valence-electron chi connectivity index (χ1n) is 7.70. The summed E-state index contributed by atoms with van der Waals surface area (Å²) in [5.41, 5.74) is 1.78. The van der Waals surface area contributed by atoms with Crippen LogP contribution in [0.25, 0.3) is 10.8 Å². The van der Waals surface area contributed by atoms with Crippen molar-refractivity contribution in [1.82, 2.24) is 4.90 Å². The number of rotatable bonds is 5. The second kappa shape index (κ2) is 6.63. The van der Waals surface area contributed by atoms with Gasteiger partial charge in [-0.1, -0.05) is 42.5 Å². The molecule has 0 atom stereocenters. The van der Waals surface area contributed by atoms with Crippen LogP contribution in [-0.4, -0.2) is 27.4 Å². The predicted octanol–water partition coefficient (Wildman–Crippen LogP) is 3.70. The number of hydrogen-bond acceptors (Lipinski definition) is 3. The monoisotopic (exact) mass is 340 g/mol. The Kier molecular flexibility index (Phi) is 4.55. The minimum Gasteiger partial charge on any atom is -0.305 e. The van der Waals surface area contributed by atoms with Crippen LogP contribution >= 0.6 is 0 Å². The summed E-state index contributed by atoms with van der Waals surface area (Å²) in [4.78, 5) is 2.37. The van der Waals surface area contributed by atoms with Crippen molar-refractivity contribution in [3.05, 3.63) is 72.3 Å². The number of fused-ring (bicyclic) bond motifs is 1. The van der Waals surface area contributed by atoms with Gasteiger partial charge in [-0.3, -0.25) is 4.72 Å². The summed E-state index contributed by atoms with van der Waals surface area (Å²) >= 11 is 0. The van der Waals surface area contributed by atoms with Gasteiger partial charge in [-0.2, -0.15) is 0 Å². The Balaban J connectivity index is 1.94. The molecule has 0 saturated heterocycles. The van der Waals surface area contributed by atoms with E-state index in [0.29, 0.717) is 5.69 Å². The maximum Gasteiger partial charge on any atom is 0.261 e. The first-order chi connectivity index (χ1) is 11.5. The van der Waals surface area contributed by atoms with E-state index in [0.717, 1.165) is 17.3 Å². The predicted molar refractivity (Wildman–Crippen MR) is 98.6 cm³/mol. The van der Waals surface area contributed by atoms with Crippen LogP contribution in [0, 0.1) is 0 Å². The molecule has 0 spiro atoms. The van der Waals surface area contributed by atoms with Gasteiger partial charge in [-0.25, -0.2) is 8.42 Å². The van der Waals surface area contributed by atoms with E-state index in [1.807, 2.05) is 44.4 Å². The molecule has 124 valence electrons. The van der Waals surface area contributed by atoms with Gasteiger partial charge >= 0.3 is 0 Å². The average Bonchev–Trinajstić information content (AvgIpc) is 2.55. The molecule has 0 aliphatic heterocycles. The van der Waals surface area contributed by atoms with Crippen molar-refractivity contribution in [1.29, 1.82) is 0 Å². The average molecular weight is 340 g/mol. The van der Waals surface area contributed by atoms with E-state index in [-0.39, 0.29) is 4.90 Å². The molecule has 0 radical (unpaired) electrons. The second-order valence-corrected chi connectivity index (χ2v) is 7.69. The summed E-state index contributed by atoms with van der Waals surface area (Å²) in [5.74, 6) is 0. The molecule has 0 fully saturated rings. The van der Waals surface area contributed by atoms with Crippen molar-refractivity contribution in [2.75, 3.05) is 18.8 Å². The third-order valence-corrected chi connectivity index (χ3v) is 5.16. The van der Waals surface area contributed by atoms with Crippen molar-refractivity contribution >= 4 is 26.5 Å². The summed E-state index contributed by atoms with van der Waals surface area (Å²) in [6.07, 6.45) is 0.